The number of rotatable bonds is 6. The van der Waals surface area contributed by atoms with E-state index < -0.39 is 0 Å². The molecule has 0 spiro atoms. The van der Waals surface area contributed by atoms with Crippen LogP contribution in [0.3, 0.4) is 0 Å². The van der Waals surface area contributed by atoms with E-state index in [0.717, 1.165) is 6.42 Å². The smallest absolute Gasteiger partial charge is 0.257 e. The summed E-state index contributed by atoms with van der Waals surface area (Å²) in [5, 5.41) is 3.64. The van der Waals surface area contributed by atoms with Gasteiger partial charge in [-0.05, 0) is 31.5 Å². The highest BCUT2D eigenvalue weighted by Crippen LogP contribution is 2.23. The second-order valence-electron chi connectivity index (χ2n) is 4.01. The van der Waals surface area contributed by atoms with Crippen LogP contribution in [0.2, 0.25) is 10.0 Å². The van der Waals surface area contributed by atoms with Crippen LogP contribution in [0, 0.1) is 0 Å². The van der Waals surface area contributed by atoms with Gasteiger partial charge in [-0.25, -0.2) is 0 Å². The quantitative estimate of drug-likeness (QED) is 0.844. The monoisotopic (exact) mass is 290 g/mol. The molecule has 0 aliphatic rings. The average molecular weight is 291 g/mol. The Balaban J connectivity index is 2.33. The van der Waals surface area contributed by atoms with E-state index in [2.05, 4.69) is 5.32 Å². The molecular formula is C12H16Cl2N2O2. The fourth-order valence-corrected chi connectivity index (χ4v) is 1.76. The van der Waals surface area contributed by atoms with Crippen molar-refractivity contribution in [2.45, 2.75) is 19.4 Å². The zero-order chi connectivity index (χ0) is 13.5. The van der Waals surface area contributed by atoms with Gasteiger partial charge in [-0.3, -0.25) is 4.79 Å². The minimum atomic E-state index is -0.202. The maximum absolute atomic E-state index is 11.4. The highest BCUT2D eigenvalue weighted by atomic mass is 35.5. The molecule has 1 atom stereocenters. The van der Waals surface area contributed by atoms with E-state index in [-0.39, 0.29) is 18.6 Å². The lowest BCUT2D eigenvalue weighted by molar-refractivity contribution is -0.123. The van der Waals surface area contributed by atoms with E-state index in [1.807, 2.05) is 6.92 Å². The van der Waals surface area contributed by atoms with Gasteiger partial charge in [0, 0.05) is 22.6 Å². The highest BCUT2D eigenvalue weighted by Gasteiger charge is 2.04. The average Bonchev–Trinajstić information content (AvgIpc) is 2.24. The van der Waals surface area contributed by atoms with Crippen molar-refractivity contribution in [2.75, 3.05) is 13.2 Å². The fourth-order valence-electron chi connectivity index (χ4n) is 1.25. The van der Waals surface area contributed by atoms with Gasteiger partial charge < -0.3 is 15.8 Å². The number of nitrogens with two attached hydrogens (primary N) is 1. The van der Waals surface area contributed by atoms with Crippen molar-refractivity contribution in [1.82, 2.24) is 5.32 Å². The van der Waals surface area contributed by atoms with Crippen molar-refractivity contribution < 1.29 is 9.53 Å². The Bertz CT molecular complexity index is 391. The second-order valence-corrected chi connectivity index (χ2v) is 4.88. The maximum Gasteiger partial charge on any atom is 0.257 e. The Morgan fingerprint density at radius 2 is 2.00 bits per heavy atom. The summed E-state index contributed by atoms with van der Waals surface area (Å²) in [7, 11) is 0. The van der Waals surface area contributed by atoms with Crippen LogP contribution in [0.15, 0.2) is 18.2 Å². The Morgan fingerprint density at radius 3 is 2.56 bits per heavy atom. The first-order chi connectivity index (χ1) is 8.47. The van der Waals surface area contributed by atoms with E-state index in [4.69, 9.17) is 33.7 Å². The summed E-state index contributed by atoms with van der Waals surface area (Å²) in [5.74, 6) is 0.265. The number of nitrogens with one attached hydrogen (secondary N) is 1. The van der Waals surface area contributed by atoms with Crippen LogP contribution in [-0.2, 0) is 4.79 Å². The van der Waals surface area contributed by atoms with Crippen LogP contribution in [0.25, 0.3) is 0 Å². The third-order valence-corrected chi connectivity index (χ3v) is 2.56. The molecule has 4 nitrogen and oxygen atoms in total. The largest absolute Gasteiger partial charge is 0.484 e. The van der Waals surface area contributed by atoms with Crippen molar-refractivity contribution in [1.29, 1.82) is 0 Å². The normalized spacial score (nSPS) is 12.0. The molecule has 0 saturated carbocycles. The Morgan fingerprint density at radius 1 is 1.39 bits per heavy atom. The summed E-state index contributed by atoms with van der Waals surface area (Å²) >= 11 is 11.6. The topological polar surface area (TPSA) is 64.3 Å². The van der Waals surface area contributed by atoms with Crippen LogP contribution in [0.1, 0.15) is 13.3 Å². The van der Waals surface area contributed by atoms with Gasteiger partial charge in [-0.15, -0.1) is 0 Å². The number of halogens is 2. The number of benzene rings is 1. The molecule has 1 aromatic rings. The second kappa shape index (κ2) is 7.46. The van der Waals surface area contributed by atoms with Gasteiger partial charge in [0.25, 0.3) is 5.91 Å². The van der Waals surface area contributed by atoms with E-state index in [9.17, 15) is 4.79 Å². The minimum Gasteiger partial charge on any atom is -0.484 e. The van der Waals surface area contributed by atoms with Crippen LogP contribution in [0.5, 0.6) is 5.75 Å². The Kier molecular flexibility index (Phi) is 6.25. The Hall–Kier alpha value is -0.970. The van der Waals surface area contributed by atoms with Crippen LogP contribution < -0.4 is 15.8 Å². The number of amides is 1. The van der Waals surface area contributed by atoms with Gasteiger partial charge in [0.15, 0.2) is 6.61 Å². The molecule has 3 N–H and O–H groups in total. The van der Waals surface area contributed by atoms with E-state index in [1.54, 1.807) is 18.2 Å². The van der Waals surface area contributed by atoms with Gasteiger partial charge in [0.1, 0.15) is 5.75 Å². The summed E-state index contributed by atoms with van der Waals surface area (Å²) in [5.41, 5.74) is 5.57. The number of hydrogen-bond donors (Lipinski definition) is 2. The lowest BCUT2D eigenvalue weighted by Crippen LogP contribution is -2.32. The lowest BCUT2D eigenvalue weighted by Gasteiger charge is -2.09. The molecule has 1 rings (SSSR count). The molecular weight excluding hydrogens is 275 g/mol. The van der Waals surface area contributed by atoms with Crippen LogP contribution in [0.4, 0.5) is 0 Å². The molecule has 0 aliphatic carbocycles. The summed E-state index contributed by atoms with van der Waals surface area (Å²) in [6.07, 6.45) is 0.731. The molecule has 100 valence electrons. The van der Waals surface area contributed by atoms with Gasteiger partial charge in [0.2, 0.25) is 0 Å². The number of carbonyl (C=O) groups excluding carboxylic acids is 1. The molecule has 18 heavy (non-hydrogen) atoms. The molecule has 0 aliphatic heterocycles. The molecule has 0 aromatic heterocycles. The summed E-state index contributed by atoms with van der Waals surface area (Å²) in [4.78, 5) is 11.4. The predicted octanol–water partition coefficient (Wildman–Crippen LogP) is 2.23. The third-order valence-electron chi connectivity index (χ3n) is 2.13. The molecule has 6 heteroatoms. The van der Waals surface area contributed by atoms with Gasteiger partial charge in [-0.1, -0.05) is 23.2 Å². The maximum atomic E-state index is 11.4. The van der Waals surface area contributed by atoms with Crippen molar-refractivity contribution in [3.05, 3.63) is 28.2 Å². The summed E-state index contributed by atoms with van der Waals surface area (Å²) in [6, 6.07) is 4.86. The molecule has 0 heterocycles. The van der Waals surface area contributed by atoms with Gasteiger partial charge in [0.05, 0.1) is 0 Å². The van der Waals surface area contributed by atoms with E-state index in [0.29, 0.717) is 22.3 Å². The first kappa shape index (κ1) is 15.1. The van der Waals surface area contributed by atoms with Gasteiger partial charge in [-0.2, -0.15) is 0 Å². The SMILES string of the molecule is CC(N)CCNC(=O)COc1cc(Cl)cc(Cl)c1. The van der Waals surface area contributed by atoms with Crippen molar-refractivity contribution in [3.63, 3.8) is 0 Å². The van der Waals surface area contributed by atoms with E-state index >= 15 is 0 Å². The van der Waals surface area contributed by atoms with Crippen molar-refractivity contribution in [2.24, 2.45) is 5.73 Å². The zero-order valence-corrected chi connectivity index (χ0v) is 11.6. The lowest BCUT2D eigenvalue weighted by atomic mass is 10.2. The molecule has 1 amide bonds. The first-order valence-electron chi connectivity index (χ1n) is 5.58. The van der Waals surface area contributed by atoms with Crippen LogP contribution >= 0.6 is 23.2 Å². The molecule has 1 unspecified atom stereocenters. The standard InChI is InChI=1S/C12H16Cl2N2O2/c1-8(15)2-3-16-12(17)7-18-11-5-9(13)4-10(14)6-11/h4-6,8H,2-3,7,15H2,1H3,(H,16,17). The molecule has 0 fully saturated rings. The van der Waals surface area contributed by atoms with Crippen LogP contribution in [-0.4, -0.2) is 25.1 Å². The first-order valence-corrected chi connectivity index (χ1v) is 6.34. The predicted molar refractivity (Wildman–Crippen MR) is 73.2 cm³/mol. The molecule has 0 radical (unpaired) electrons. The zero-order valence-electron chi connectivity index (χ0n) is 10.1. The molecule has 0 bridgehead atoms. The third kappa shape index (κ3) is 6.10. The number of ether oxygens (including phenoxy) is 1. The van der Waals surface area contributed by atoms with Gasteiger partial charge >= 0.3 is 0 Å². The Labute approximate surface area is 116 Å². The molecule has 1 aromatic carbocycles. The van der Waals surface area contributed by atoms with E-state index in [1.165, 1.54) is 0 Å². The minimum absolute atomic E-state index is 0.0676. The van der Waals surface area contributed by atoms with Crippen molar-refractivity contribution in [3.8, 4) is 5.75 Å². The number of hydrogen-bond acceptors (Lipinski definition) is 3. The van der Waals surface area contributed by atoms with Crippen molar-refractivity contribution >= 4 is 29.1 Å². The summed E-state index contributed by atoms with van der Waals surface area (Å²) < 4.78 is 5.27. The summed E-state index contributed by atoms with van der Waals surface area (Å²) in [6.45, 7) is 2.35. The highest BCUT2D eigenvalue weighted by molar-refractivity contribution is 6.34. The molecule has 0 saturated heterocycles. The fraction of sp³-hybridized carbons (Fsp3) is 0.417. The number of carbonyl (C=O) groups is 1.